The van der Waals surface area contributed by atoms with Crippen LogP contribution in [0, 0.1) is 5.82 Å². The minimum Gasteiger partial charge on any atom is -0.357 e. The van der Waals surface area contributed by atoms with Crippen molar-refractivity contribution in [3.8, 4) is 0 Å². The van der Waals surface area contributed by atoms with Gasteiger partial charge < -0.3 is 16.0 Å². The molecule has 0 aliphatic rings. The molecule has 0 heterocycles. The van der Waals surface area contributed by atoms with Crippen LogP contribution in [0.1, 0.15) is 18.1 Å². The Bertz CT molecular complexity index is 710. The molecule has 5 nitrogen and oxygen atoms in total. The minimum absolute atomic E-state index is 0. The summed E-state index contributed by atoms with van der Waals surface area (Å²) >= 11 is 0. The number of halogens is 2. The normalized spacial score (nSPS) is 10.6. The zero-order valence-corrected chi connectivity index (χ0v) is 17.0. The van der Waals surface area contributed by atoms with E-state index in [1.165, 1.54) is 6.07 Å². The van der Waals surface area contributed by atoms with E-state index in [1.807, 2.05) is 37.3 Å². The third-order valence-electron chi connectivity index (χ3n) is 3.46. The lowest BCUT2D eigenvalue weighted by Crippen LogP contribution is -2.43. The van der Waals surface area contributed by atoms with Crippen LogP contribution in [0.25, 0.3) is 0 Å². The predicted octanol–water partition coefficient (Wildman–Crippen LogP) is 2.82. The molecule has 140 valence electrons. The molecule has 0 saturated carbocycles. The smallest absolute Gasteiger partial charge is 0.239 e. The largest absolute Gasteiger partial charge is 0.357 e. The molecule has 2 rings (SSSR count). The third kappa shape index (κ3) is 7.81. The van der Waals surface area contributed by atoms with Gasteiger partial charge in [-0.2, -0.15) is 0 Å². The molecule has 0 fully saturated rings. The van der Waals surface area contributed by atoms with E-state index in [-0.39, 0.29) is 48.8 Å². The Morgan fingerprint density at radius 1 is 1.00 bits per heavy atom. The van der Waals surface area contributed by atoms with E-state index in [2.05, 4.69) is 20.9 Å². The van der Waals surface area contributed by atoms with Crippen LogP contribution in [-0.4, -0.2) is 25.0 Å². The Balaban J connectivity index is 0.00000338. The molecule has 2 aromatic carbocycles. The maximum atomic E-state index is 13.6. The van der Waals surface area contributed by atoms with Crippen LogP contribution in [0.4, 0.5) is 4.39 Å². The van der Waals surface area contributed by atoms with Gasteiger partial charge >= 0.3 is 0 Å². The van der Waals surface area contributed by atoms with Crippen LogP contribution in [0.2, 0.25) is 0 Å². The highest BCUT2D eigenvalue weighted by molar-refractivity contribution is 14.0. The third-order valence-corrected chi connectivity index (χ3v) is 3.46. The fraction of sp³-hybridized carbons (Fsp3) is 0.263. The van der Waals surface area contributed by atoms with Gasteiger partial charge in [-0.25, -0.2) is 9.38 Å². The highest BCUT2D eigenvalue weighted by atomic mass is 127. The molecule has 0 bridgehead atoms. The van der Waals surface area contributed by atoms with E-state index in [0.29, 0.717) is 24.6 Å². The quantitative estimate of drug-likeness (QED) is 0.332. The fourth-order valence-corrected chi connectivity index (χ4v) is 2.16. The first-order valence-electron chi connectivity index (χ1n) is 8.25. The van der Waals surface area contributed by atoms with Crippen LogP contribution >= 0.6 is 24.0 Å². The van der Waals surface area contributed by atoms with Gasteiger partial charge in [-0.1, -0.05) is 48.5 Å². The van der Waals surface area contributed by atoms with Crippen molar-refractivity contribution < 1.29 is 9.18 Å². The minimum atomic E-state index is -0.289. The van der Waals surface area contributed by atoms with E-state index < -0.39 is 0 Å². The zero-order valence-electron chi connectivity index (χ0n) is 14.7. The fourth-order valence-electron chi connectivity index (χ4n) is 2.16. The van der Waals surface area contributed by atoms with Gasteiger partial charge in [0.15, 0.2) is 5.96 Å². The van der Waals surface area contributed by atoms with E-state index in [9.17, 15) is 9.18 Å². The van der Waals surface area contributed by atoms with Crippen LogP contribution in [0.5, 0.6) is 0 Å². The van der Waals surface area contributed by atoms with Crippen molar-refractivity contribution >= 4 is 35.8 Å². The molecule has 26 heavy (non-hydrogen) atoms. The molecular weight excluding hydrogens is 446 g/mol. The summed E-state index contributed by atoms with van der Waals surface area (Å²) in [6.45, 7) is 3.35. The molecule has 0 unspecified atom stereocenters. The molecule has 7 heteroatoms. The molecular formula is C19H24FIN4O. The molecule has 1 amide bonds. The van der Waals surface area contributed by atoms with Crippen molar-refractivity contribution in [3.63, 3.8) is 0 Å². The average molecular weight is 470 g/mol. The van der Waals surface area contributed by atoms with E-state index in [0.717, 1.165) is 5.56 Å². The number of guanidine groups is 1. The first-order valence-corrected chi connectivity index (χ1v) is 8.25. The number of nitrogens with zero attached hydrogens (tertiary/aromatic N) is 1. The average Bonchev–Trinajstić information content (AvgIpc) is 2.64. The number of amides is 1. The topological polar surface area (TPSA) is 65.5 Å². The number of hydrogen-bond donors (Lipinski definition) is 3. The summed E-state index contributed by atoms with van der Waals surface area (Å²) in [5.41, 5.74) is 1.55. The van der Waals surface area contributed by atoms with Crippen molar-refractivity contribution in [2.45, 2.75) is 20.0 Å². The van der Waals surface area contributed by atoms with Crippen LogP contribution < -0.4 is 16.0 Å². The maximum Gasteiger partial charge on any atom is 0.239 e. The molecule has 3 N–H and O–H groups in total. The summed E-state index contributed by atoms with van der Waals surface area (Å²) in [6, 6.07) is 16.2. The van der Waals surface area contributed by atoms with Crippen molar-refractivity contribution in [3.05, 3.63) is 71.5 Å². The van der Waals surface area contributed by atoms with Gasteiger partial charge in [-0.15, -0.1) is 24.0 Å². The first kappa shape index (κ1) is 21.9. The van der Waals surface area contributed by atoms with Gasteiger partial charge in [0.2, 0.25) is 5.91 Å². The van der Waals surface area contributed by atoms with E-state index in [4.69, 9.17) is 0 Å². The lowest BCUT2D eigenvalue weighted by Gasteiger charge is -2.11. The van der Waals surface area contributed by atoms with Crippen molar-refractivity contribution in [1.82, 2.24) is 16.0 Å². The number of carbonyl (C=O) groups is 1. The van der Waals surface area contributed by atoms with Gasteiger partial charge in [-0.3, -0.25) is 4.79 Å². The zero-order chi connectivity index (χ0) is 17.9. The molecule has 2 aromatic rings. The summed E-state index contributed by atoms with van der Waals surface area (Å²) in [6.07, 6.45) is 0. The van der Waals surface area contributed by atoms with E-state index >= 15 is 0 Å². The van der Waals surface area contributed by atoms with Crippen molar-refractivity contribution in [1.29, 1.82) is 0 Å². The molecule has 0 saturated heterocycles. The molecule has 0 radical (unpaired) electrons. The summed E-state index contributed by atoms with van der Waals surface area (Å²) in [4.78, 5) is 16.2. The number of carbonyl (C=O) groups excluding carboxylic acids is 1. The number of nitrogens with one attached hydrogen (secondary N) is 3. The number of aliphatic imine (C=N–C) groups is 1. The molecule has 0 aromatic heterocycles. The highest BCUT2D eigenvalue weighted by Crippen LogP contribution is 2.07. The standard InChI is InChI=1S/C19H23FN4O.HI/c1-2-21-19(23-13-16-10-6-7-11-17(16)20)24-14-18(25)22-12-15-8-4-3-5-9-15;/h3-11H,2,12-14H2,1H3,(H,22,25)(H2,21,23,24);1H. The molecule has 0 aliphatic carbocycles. The summed E-state index contributed by atoms with van der Waals surface area (Å²) in [5.74, 6) is 0.0451. The predicted molar refractivity (Wildman–Crippen MR) is 113 cm³/mol. The number of rotatable bonds is 7. The van der Waals surface area contributed by atoms with Crippen molar-refractivity contribution in [2.75, 3.05) is 13.1 Å². The summed E-state index contributed by atoms with van der Waals surface area (Å²) in [7, 11) is 0. The molecule has 0 atom stereocenters. The van der Waals surface area contributed by atoms with Gasteiger partial charge in [-0.05, 0) is 18.6 Å². The van der Waals surface area contributed by atoms with Crippen molar-refractivity contribution in [2.24, 2.45) is 4.99 Å². The van der Waals surface area contributed by atoms with Crippen LogP contribution in [0.15, 0.2) is 59.6 Å². The summed E-state index contributed by atoms with van der Waals surface area (Å²) in [5, 5.41) is 8.82. The monoisotopic (exact) mass is 470 g/mol. The lowest BCUT2D eigenvalue weighted by atomic mass is 10.2. The molecule has 0 spiro atoms. The second-order valence-electron chi connectivity index (χ2n) is 5.40. The molecule has 0 aliphatic heterocycles. The SMILES string of the molecule is CCNC(=NCc1ccccc1F)NCC(=O)NCc1ccccc1.I. The lowest BCUT2D eigenvalue weighted by molar-refractivity contribution is -0.120. The first-order chi connectivity index (χ1) is 12.2. The van der Waals surface area contributed by atoms with Crippen LogP contribution in [-0.2, 0) is 17.9 Å². The van der Waals surface area contributed by atoms with Gasteiger partial charge in [0.1, 0.15) is 5.82 Å². The van der Waals surface area contributed by atoms with Gasteiger partial charge in [0.25, 0.3) is 0 Å². The Morgan fingerprint density at radius 2 is 1.69 bits per heavy atom. The second-order valence-corrected chi connectivity index (χ2v) is 5.40. The Labute approximate surface area is 170 Å². The Morgan fingerprint density at radius 3 is 2.38 bits per heavy atom. The van der Waals surface area contributed by atoms with Gasteiger partial charge in [0, 0.05) is 18.7 Å². The number of benzene rings is 2. The highest BCUT2D eigenvalue weighted by Gasteiger charge is 2.05. The van der Waals surface area contributed by atoms with Gasteiger partial charge in [0.05, 0.1) is 13.1 Å². The second kappa shape index (κ2) is 12.2. The number of hydrogen-bond acceptors (Lipinski definition) is 2. The van der Waals surface area contributed by atoms with Crippen LogP contribution in [0.3, 0.4) is 0 Å². The van der Waals surface area contributed by atoms with E-state index in [1.54, 1.807) is 18.2 Å². The Kier molecular flexibility index (Phi) is 10.3. The maximum absolute atomic E-state index is 13.6. The Hall–Kier alpha value is -2.16. The summed E-state index contributed by atoms with van der Waals surface area (Å²) < 4.78 is 13.6.